The van der Waals surface area contributed by atoms with Crippen molar-refractivity contribution in [3.8, 4) is 0 Å². The van der Waals surface area contributed by atoms with Gasteiger partial charge in [-0.3, -0.25) is 0 Å². The zero-order chi connectivity index (χ0) is 22.7. The van der Waals surface area contributed by atoms with Gasteiger partial charge in [-0.15, -0.1) is 0 Å². The predicted molar refractivity (Wildman–Crippen MR) is 123 cm³/mol. The van der Waals surface area contributed by atoms with Crippen molar-refractivity contribution in [2.75, 3.05) is 0 Å². The van der Waals surface area contributed by atoms with Crippen LogP contribution >= 0.6 is 110 Å². The van der Waals surface area contributed by atoms with Crippen LogP contribution < -0.4 is 0 Å². The Morgan fingerprint density at radius 1 is 0.433 bits per heavy atom. The molecule has 0 atom stereocenters. The number of hydrogen-bond donors (Lipinski definition) is 0. The fraction of sp³-hybridized carbons (Fsp3) is 0. The fourth-order valence-electron chi connectivity index (χ4n) is 2.40. The van der Waals surface area contributed by atoms with E-state index in [-0.39, 0.29) is 42.3 Å². The van der Waals surface area contributed by atoms with E-state index in [1.807, 2.05) is 0 Å². The summed E-state index contributed by atoms with van der Waals surface area (Å²) in [7, 11) is 0. The zero-order valence-corrected chi connectivity index (χ0v) is 22.8. The minimum Gasteiger partial charge on any atom is -0.386 e. The number of ether oxygens (including phenoxy) is 2. The SMILES string of the molecule is O=C1OC(=O)c2c(Br)c(Br)c(Br)c(Br)c21.O=C1OC(=O)c2c(Cl)c(Cl)c(Cl)c(Cl)c21. The van der Waals surface area contributed by atoms with Gasteiger partial charge in [0, 0.05) is 17.9 Å². The number of benzene rings is 2. The number of carbonyl (C=O) groups excluding carboxylic acids is 4. The second-order valence-electron chi connectivity index (χ2n) is 5.37. The predicted octanol–water partition coefficient (Wildman–Crippen LogP) is 7.66. The lowest BCUT2D eigenvalue weighted by Gasteiger charge is -2.06. The van der Waals surface area contributed by atoms with Gasteiger partial charge in [0.25, 0.3) is 0 Å². The number of rotatable bonds is 0. The van der Waals surface area contributed by atoms with Gasteiger partial charge in [-0.25, -0.2) is 19.2 Å². The van der Waals surface area contributed by atoms with Crippen LogP contribution in [0.2, 0.25) is 20.1 Å². The van der Waals surface area contributed by atoms with Crippen LogP contribution in [0.1, 0.15) is 41.4 Å². The van der Waals surface area contributed by atoms with Gasteiger partial charge < -0.3 is 9.47 Å². The third-order valence-electron chi connectivity index (χ3n) is 3.72. The summed E-state index contributed by atoms with van der Waals surface area (Å²) in [5, 5.41) is -0.406. The molecular formula is C16Br4Cl4O6. The molecule has 2 aliphatic rings. The Labute approximate surface area is 220 Å². The first-order chi connectivity index (χ1) is 13.9. The molecule has 156 valence electrons. The summed E-state index contributed by atoms with van der Waals surface area (Å²) in [5.74, 6) is -3.03. The van der Waals surface area contributed by atoms with Crippen molar-refractivity contribution in [2.24, 2.45) is 0 Å². The van der Waals surface area contributed by atoms with Gasteiger partial charge in [0.15, 0.2) is 0 Å². The molecule has 4 rings (SSSR count). The molecule has 6 nitrogen and oxygen atoms in total. The number of hydrogen-bond acceptors (Lipinski definition) is 6. The van der Waals surface area contributed by atoms with Gasteiger partial charge in [-0.05, 0) is 63.7 Å². The van der Waals surface area contributed by atoms with Crippen LogP contribution in [0, 0.1) is 0 Å². The molecule has 0 radical (unpaired) electrons. The number of fused-ring (bicyclic) bond motifs is 2. The molecule has 0 amide bonds. The lowest BCUT2D eigenvalue weighted by atomic mass is 10.1. The fourth-order valence-corrected chi connectivity index (χ4v) is 5.85. The Morgan fingerprint density at radius 3 is 1.00 bits per heavy atom. The number of carbonyl (C=O) groups is 4. The molecule has 2 heterocycles. The number of esters is 4. The van der Waals surface area contributed by atoms with Crippen molar-refractivity contribution in [3.05, 3.63) is 60.2 Å². The minimum atomic E-state index is -0.875. The summed E-state index contributed by atoms with van der Waals surface area (Å²) < 4.78 is 11.2. The Morgan fingerprint density at radius 2 is 0.700 bits per heavy atom. The smallest absolute Gasteiger partial charge is 0.348 e. The highest BCUT2D eigenvalue weighted by Crippen LogP contribution is 2.45. The van der Waals surface area contributed by atoms with Crippen molar-refractivity contribution in [3.63, 3.8) is 0 Å². The molecule has 0 bridgehead atoms. The van der Waals surface area contributed by atoms with Crippen LogP contribution in [0.4, 0.5) is 0 Å². The van der Waals surface area contributed by atoms with E-state index >= 15 is 0 Å². The number of halogens is 8. The van der Waals surface area contributed by atoms with E-state index < -0.39 is 23.9 Å². The van der Waals surface area contributed by atoms with Crippen LogP contribution in [-0.2, 0) is 9.47 Å². The largest absolute Gasteiger partial charge is 0.386 e. The second-order valence-corrected chi connectivity index (χ2v) is 10.0. The van der Waals surface area contributed by atoms with E-state index in [4.69, 9.17) is 46.4 Å². The molecule has 2 aromatic rings. The number of cyclic esters (lactones) is 4. The summed E-state index contributed by atoms with van der Waals surface area (Å²) in [4.78, 5) is 45.2. The molecule has 2 aliphatic heterocycles. The zero-order valence-electron chi connectivity index (χ0n) is 13.5. The third kappa shape index (κ3) is 3.87. The maximum absolute atomic E-state index is 11.4. The lowest BCUT2D eigenvalue weighted by molar-refractivity contribution is 0.0425. The van der Waals surface area contributed by atoms with Crippen molar-refractivity contribution in [2.45, 2.75) is 0 Å². The van der Waals surface area contributed by atoms with E-state index in [1.54, 1.807) is 0 Å². The van der Waals surface area contributed by atoms with Gasteiger partial charge in [0.05, 0.1) is 42.3 Å². The monoisotopic (exact) mass is 744 g/mol. The first-order valence-electron chi connectivity index (χ1n) is 7.14. The van der Waals surface area contributed by atoms with Crippen molar-refractivity contribution in [1.82, 2.24) is 0 Å². The van der Waals surface area contributed by atoms with Gasteiger partial charge in [0.1, 0.15) is 0 Å². The second kappa shape index (κ2) is 8.97. The van der Waals surface area contributed by atoms with E-state index in [0.717, 1.165) is 0 Å². The molecule has 0 aromatic heterocycles. The van der Waals surface area contributed by atoms with E-state index in [2.05, 4.69) is 73.2 Å². The quantitative estimate of drug-likeness (QED) is 0.119. The van der Waals surface area contributed by atoms with Crippen LogP contribution in [0.3, 0.4) is 0 Å². The summed E-state index contributed by atoms with van der Waals surface area (Å²) in [6.07, 6.45) is 0. The van der Waals surface area contributed by atoms with Crippen molar-refractivity contribution < 1.29 is 28.7 Å². The molecule has 30 heavy (non-hydrogen) atoms. The average Bonchev–Trinajstić information content (AvgIpc) is 3.16. The highest BCUT2D eigenvalue weighted by Gasteiger charge is 2.38. The normalized spacial score (nSPS) is 14.1. The first kappa shape index (κ1) is 24.4. The molecule has 0 N–H and O–H groups in total. The Bertz CT molecular complexity index is 1030. The van der Waals surface area contributed by atoms with Crippen LogP contribution in [-0.4, -0.2) is 23.9 Å². The van der Waals surface area contributed by atoms with Crippen molar-refractivity contribution in [1.29, 1.82) is 0 Å². The molecule has 0 unspecified atom stereocenters. The topological polar surface area (TPSA) is 86.7 Å². The Hall–Kier alpha value is -0.200. The van der Waals surface area contributed by atoms with Gasteiger partial charge in [0.2, 0.25) is 0 Å². The third-order valence-corrected chi connectivity index (χ3v) is 10.3. The summed E-state index contributed by atoms with van der Waals surface area (Å²) in [6, 6.07) is 0. The average molecular weight is 750 g/mol. The van der Waals surface area contributed by atoms with Crippen LogP contribution in [0.25, 0.3) is 0 Å². The maximum atomic E-state index is 11.4. The summed E-state index contributed by atoms with van der Waals surface area (Å²) in [5.41, 5.74) is 0.200. The maximum Gasteiger partial charge on any atom is 0.348 e. The molecule has 0 fully saturated rings. The van der Waals surface area contributed by atoms with E-state index in [0.29, 0.717) is 17.9 Å². The highest BCUT2D eigenvalue weighted by atomic mass is 79.9. The van der Waals surface area contributed by atoms with Crippen molar-refractivity contribution >= 4 is 134 Å². The molecule has 2 aromatic carbocycles. The molecule has 0 spiro atoms. The summed E-state index contributed by atoms with van der Waals surface area (Å²) in [6.45, 7) is 0. The molecule has 0 saturated heterocycles. The molecule has 0 aliphatic carbocycles. The standard InChI is InChI=1S/C8Br4O3.C8Cl4O3/c2*9-3-1-2(8(14)15-7(1)13)4(10)6(12)5(3)11. The first-order valence-corrected chi connectivity index (χ1v) is 11.8. The van der Waals surface area contributed by atoms with Gasteiger partial charge in [-0.2, -0.15) is 0 Å². The Balaban J connectivity index is 0.000000171. The van der Waals surface area contributed by atoms with E-state index in [9.17, 15) is 19.2 Å². The van der Waals surface area contributed by atoms with Crippen LogP contribution in [0.5, 0.6) is 0 Å². The molecule has 14 heteroatoms. The van der Waals surface area contributed by atoms with Gasteiger partial charge >= 0.3 is 23.9 Å². The highest BCUT2D eigenvalue weighted by molar-refractivity contribution is 9.15. The Kier molecular flexibility index (Phi) is 7.31. The van der Waals surface area contributed by atoms with Crippen LogP contribution in [0.15, 0.2) is 17.9 Å². The van der Waals surface area contributed by atoms with Gasteiger partial charge in [-0.1, -0.05) is 46.4 Å². The molecule has 0 saturated carbocycles. The van der Waals surface area contributed by atoms with E-state index in [1.165, 1.54) is 0 Å². The minimum absolute atomic E-state index is 0.0752. The molecular weight excluding hydrogens is 750 g/mol. The summed E-state index contributed by atoms with van der Waals surface area (Å²) >= 11 is 36.0. The lowest BCUT2D eigenvalue weighted by Crippen LogP contribution is -1.97.